The smallest absolute Gasteiger partial charge is 0.257 e. The molecular weight excluding hydrogens is 476 g/mol. The van der Waals surface area contributed by atoms with Crippen molar-refractivity contribution in [3.8, 4) is 17.2 Å². The van der Waals surface area contributed by atoms with Gasteiger partial charge in [-0.15, -0.1) is 10.2 Å². The van der Waals surface area contributed by atoms with Gasteiger partial charge in [-0.2, -0.15) is 0 Å². The molecule has 1 aromatic heterocycles. The zero-order chi connectivity index (χ0) is 24.3. The Morgan fingerprint density at radius 1 is 1.00 bits per heavy atom. The maximum absolute atomic E-state index is 12.5. The van der Waals surface area contributed by atoms with E-state index in [9.17, 15) is 9.59 Å². The second-order valence-corrected chi connectivity index (χ2v) is 9.16. The molecule has 180 valence electrons. The molecule has 0 aliphatic carbocycles. The fraction of sp³-hybridized carbons (Fsp3) is 0.304. The minimum atomic E-state index is -0.296. The number of amides is 2. The molecule has 3 aromatic rings. The number of hydrogen-bond acceptors (Lipinski definition) is 9. The summed E-state index contributed by atoms with van der Waals surface area (Å²) in [5.41, 5.74) is 0.998. The Morgan fingerprint density at radius 3 is 2.47 bits per heavy atom. The van der Waals surface area contributed by atoms with E-state index in [2.05, 4.69) is 27.8 Å². The number of carbonyl (C=O) groups is 2. The van der Waals surface area contributed by atoms with Crippen molar-refractivity contribution in [2.24, 2.45) is 0 Å². The first-order valence-corrected chi connectivity index (χ1v) is 12.3. The number of ether oxygens (including phenoxy) is 3. The summed E-state index contributed by atoms with van der Waals surface area (Å²) in [6.45, 7) is 2.75. The lowest BCUT2D eigenvalue weighted by molar-refractivity contribution is -0.113. The van der Waals surface area contributed by atoms with Gasteiger partial charge in [-0.3, -0.25) is 14.9 Å². The number of nitrogens with zero attached hydrogens (tertiary/aromatic N) is 2. The second-order valence-electron chi connectivity index (χ2n) is 6.96. The summed E-state index contributed by atoms with van der Waals surface area (Å²) in [6, 6.07) is 12.1. The molecule has 0 atom stereocenters. The molecule has 1 heterocycles. The van der Waals surface area contributed by atoms with Gasteiger partial charge in [0.15, 0.2) is 4.34 Å². The molecule has 2 N–H and O–H groups in total. The highest BCUT2D eigenvalue weighted by Crippen LogP contribution is 2.30. The lowest BCUT2D eigenvalue weighted by Crippen LogP contribution is -2.14. The number of hydrogen-bond donors (Lipinski definition) is 2. The maximum atomic E-state index is 12.5. The Labute approximate surface area is 206 Å². The summed E-state index contributed by atoms with van der Waals surface area (Å²) >= 11 is 2.41. The molecule has 0 fully saturated rings. The highest BCUT2D eigenvalue weighted by atomic mass is 32.2. The molecule has 0 bridgehead atoms. The Kier molecular flexibility index (Phi) is 9.53. The van der Waals surface area contributed by atoms with Gasteiger partial charge in [0, 0.05) is 11.6 Å². The van der Waals surface area contributed by atoms with Crippen molar-refractivity contribution in [2.75, 3.05) is 37.2 Å². The first kappa shape index (κ1) is 25.3. The van der Waals surface area contributed by atoms with Gasteiger partial charge in [0.2, 0.25) is 11.0 Å². The molecule has 0 saturated carbocycles. The van der Waals surface area contributed by atoms with Crippen molar-refractivity contribution >= 4 is 45.7 Å². The second kappa shape index (κ2) is 12.8. The van der Waals surface area contributed by atoms with E-state index >= 15 is 0 Å². The third-order valence-corrected chi connectivity index (χ3v) is 6.49. The summed E-state index contributed by atoms with van der Waals surface area (Å²) < 4.78 is 16.6. The normalized spacial score (nSPS) is 10.4. The van der Waals surface area contributed by atoms with Crippen LogP contribution in [0.15, 0.2) is 46.8 Å². The zero-order valence-electron chi connectivity index (χ0n) is 19.1. The number of methoxy groups -OCH3 is 2. The predicted molar refractivity (Wildman–Crippen MR) is 134 cm³/mol. The van der Waals surface area contributed by atoms with E-state index in [1.54, 1.807) is 49.6 Å². The summed E-state index contributed by atoms with van der Waals surface area (Å²) in [5, 5.41) is 13.9. The van der Waals surface area contributed by atoms with Crippen molar-refractivity contribution in [3.63, 3.8) is 0 Å². The van der Waals surface area contributed by atoms with Crippen LogP contribution in [0.5, 0.6) is 17.2 Å². The number of rotatable bonds is 12. The van der Waals surface area contributed by atoms with Gasteiger partial charge >= 0.3 is 0 Å². The minimum Gasteiger partial charge on any atom is -0.497 e. The highest BCUT2D eigenvalue weighted by molar-refractivity contribution is 8.01. The average molecular weight is 503 g/mol. The molecule has 0 saturated heterocycles. The largest absolute Gasteiger partial charge is 0.497 e. The van der Waals surface area contributed by atoms with Crippen LogP contribution in [-0.4, -0.2) is 48.6 Å². The van der Waals surface area contributed by atoms with E-state index < -0.39 is 0 Å². The van der Waals surface area contributed by atoms with Crippen LogP contribution in [0.2, 0.25) is 0 Å². The van der Waals surface area contributed by atoms with E-state index in [-0.39, 0.29) is 17.6 Å². The van der Waals surface area contributed by atoms with Crippen LogP contribution >= 0.6 is 23.1 Å². The van der Waals surface area contributed by atoms with Crippen LogP contribution in [0, 0.1) is 0 Å². The molecule has 0 aliphatic rings. The highest BCUT2D eigenvalue weighted by Gasteiger charge is 2.14. The van der Waals surface area contributed by atoms with Crippen LogP contribution in [0.25, 0.3) is 0 Å². The molecule has 0 radical (unpaired) electrons. The summed E-state index contributed by atoms with van der Waals surface area (Å²) in [4.78, 5) is 24.9. The van der Waals surface area contributed by atoms with Gasteiger partial charge < -0.3 is 19.5 Å². The van der Waals surface area contributed by atoms with Crippen LogP contribution in [-0.2, 0) is 4.79 Å². The minimum absolute atomic E-state index is 0.114. The van der Waals surface area contributed by atoms with E-state index in [0.717, 1.165) is 18.6 Å². The molecule has 0 aliphatic heterocycles. The van der Waals surface area contributed by atoms with Gasteiger partial charge in [-0.25, -0.2) is 0 Å². The van der Waals surface area contributed by atoms with Crippen molar-refractivity contribution < 1.29 is 23.8 Å². The summed E-state index contributed by atoms with van der Waals surface area (Å²) in [6.07, 6.45) is 2.04. The van der Waals surface area contributed by atoms with Gasteiger partial charge in [0.05, 0.1) is 32.3 Å². The molecule has 3 rings (SSSR count). The molecule has 34 heavy (non-hydrogen) atoms. The van der Waals surface area contributed by atoms with Crippen molar-refractivity contribution in [2.45, 2.75) is 24.1 Å². The lowest BCUT2D eigenvalue weighted by Gasteiger charge is -2.11. The molecular formula is C23H26N4O5S2. The van der Waals surface area contributed by atoms with E-state index in [1.807, 2.05) is 0 Å². The Hall–Kier alpha value is -3.31. The van der Waals surface area contributed by atoms with Gasteiger partial charge in [-0.1, -0.05) is 36.4 Å². The van der Waals surface area contributed by atoms with Crippen LogP contribution in [0.4, 0.5) is 10.8 Å². The number of thioether (sulfide) groups is 1. The van der Waals surface area contributed by atoms with Gasteiger partial charge in [0.1, 0.15) is 17.2 Å². The van der Waals surface area contributed by atoms with Crippen LogP contribution < -0.4 is 24.8 Å². The molecule has 0 unspecified atom stereocenters. The van der Waals surface area contributed by atoms with Crippen molar-refractivity contribution in [1.29, 1.82) is 0 Å². The Morgan fingerprint density at radius 2 is 1.76 bits per heavy atom. The number of unbranched alkanes of at least 4 members (excludes halogenated alkanes) is 1. The number of nitrogens with one attached hydrogen (secondary N) is 2. The van der Waals surface area contributed by atoms with Crippen molar-refractivity contribution in [3.05, 3.63) is 48.0 Å². The number of carbonyl (C=O) groups excluding carboxylic acids is 2. The van der Waals surface area contributed by atoms with E-state index in [0.29, 0.717) is 38.8 Å². The van der Waals surface area contributed by atoms with E-state index in [4.69, 9.17) is 14.2 Å². The molecule has 11 heteroatoms. The lowest BCUT2D eigenvalue weighted by atomic mass is 10.2. The Balaban J connectivity index is 1.50. The summed E-state index contributed by atoms with van der Waals surface area (Å²) in [7, 11) is 3.08. The Bertz CT molecular complexity index is 1100. The maximum Gasteiger partial charge on any atom is 0.257 e. The third-order valence-electron chi connectivity index (χ3n) is 4.52. The topological polar surface area (TPSA) is 112 Å². The molecule has 9 nitrogen and oxygen atoms in total. The molecule has 0 spiro atoms. The quantitative estimate of drug-likeness (QED) is 0.208. The van der Waals surface area contributed by atoms with Crippen LogP contribution in [0.1, 0.15) is 30.1 Å². The predicted octanol–water partition coefficient (Wildman–Crippen LogP) is 4.72. The zero-order valence-corrected chi connectivity index (χ0v) is 20.8. The van der Waals surface area contributed by atoms with E-state index in [1.165, 1.54) is 30.2 Å². The average Bonchev–Trinajstić information content (AvgIpc) is 3.30. The fourth-order valence-electron chi connectivity index (χ4n) is 2.75. The molecule has 2 aromatic carbocycles. The first-order valence-electron chi connectivity index (χ1n) is 10.5. The van der Waals surface area contributed by atoms with Gasteiger partial charge in [-0.05, 0) is 42.8 Å². The van der Waals surface area contributed by atoms with Crippen molar-refractivity contribution in [1.82, 2.24) is 10.2 Å². The SMILES string of the molecule is CCCCOc1ccc(C(=O)Nc2nnc(SCC(=O)Nc3cc(OC)ccc3OC)s2)cc1. The third kappa shape index (κ3) is 7.35. The standard InChI is InChI=1S/C23H26N4O5S2/c1-4-5-12-32-16-8-6-15(7-9-16)21(29)25-22-26-27-23(34-22)33-14-20(28)24-18-13-17(30-2)10-11-19(18)31-3/h6-11,13H,4-5,12,14H2,1-3H3,(H,24,28)(H,25,26,29). The first-order chi connectivity index (χ1) is 16.5. The monoisotopic (exact) mass is 502 g/mol. The van der Waals surface area contributed by atoms with Crippen LogP contribution in [0.3, 0.4) is 0 Å². The molecule has 2 amide bonds. The summed E-state index contributed by atoms with van der Waals surface area (Å²) in [5.74, 6) is 1.44. The number of aromatic nitrogens is 2. The number of anilines is 2. The van der Waals surface area contributed by atoms with Gasteiger partial charge in [0.25, 0.3) is 5.91 Å². The fourth-order valence-corrected chi connectivity index (χ4v) is 4.30. The number of benzene rings is 2.